The lowest BCUT2D eigenvalue weighted by atomic mass is 9.70. The summed E-state index contributed by atoms with van der Waals surface area (Å²) in [6.07, 6.45) is 24.0. The predicted molar refractivity (Wildman–Crippen MR) is 153 cm³/mol. The molecule has 0 aliphatic heterocycles. The second-order valence-electron chi connectivity index (χ2n) is 10.8. The number of fused-ring (bicyclic) bond motifs is 3. The Hall–Kier alpha value is -2.15. The number of benzene rings is 2. The molecule has 2 aromatic rings. The topological polar surface area (TPSA) is 17.1 Å². The van der Waals surface area contributed by atoms with Crippen molar-refractivity contribution in [3.05, 3.63) is 65.2 Å². The Balaban J connectivity index is 1.85. The van der Waals surface area contributed by atoms with Crippen LogP contribution in [0.4, 0.5) is 0 Å². The average molecular weight is 473 g/mol. The van der Waals surface area contributed by atoms with Gasteiger partial charge in [0, 0.05) is 11.0 Å². The molecule has 0 atom stereocenters. The van der Waals surface area contributed by atoms with Gasteiger partial charge in [0.2, 0.25) is 0 Å². The summed E-state index contributed by atoms with van der Waals surface area (Å²) >= 11 is 0. The van der Waals surface area contributed by atoms with Crippen LogP contribution in [0.25, 0.3) is 17.2 Å². The fraction of sp³-hybridized carbons (Fsp3) is 0.559. The Morgan fingerprint density at radius 2 is 1.06 bits per heavy atom. The molecule has 190 valence electrons. The monoisotopic (exact) mass is 472 g/mol. The summed E-state index contributed by atoms with van der Waals surface area (Å²) in [5.74, 6) is 0. The zero-order chi connectivity index (χ0) is 24.9. The lowest BCUT2D eigenvalue weighted by Gasteiger charge is -2.33. The van der Waals surface area contributed by atoms with Crippen LogP contribution in [-0.4, -0.2) is 6.29 Å². The van der Waals surface area contributed by atoms with Gasteiger partial charge in [-0.15, -0.1) is 0 Å². The fourth-order valence-corrected chi connectivity index (χ4v) is 6.16. The maximum Gasteiger partial charge on any atom is 0.150 e. The minimum atomic E-state index is 0.0234. The molecule has 0 saturated heterocycles. The zero-order valence-electron chi connectivity index (χ0n) is 22.5. The van der Waals surface area contributed by atoms with E-state index in [1.54, 1.807) is 0 Å². The number of carbonyl (C=O) groups excluding carboxylic acids is 1. The number of hydrogen-bond acceptors (Lipinski definition) is 1. The van der Waals surface area contributed by atoms with Gasteiger partial charge in [0.1, 0.15) is 6.29 Å². The minimum Gasteiger partial charge on any atom is -0.298 e. The number of unbranched alkanes of at least 4 members (excludes halogenated alkanes) is 12. The van der Waals surface area contributed by atoms with E-state index in [2.05, 4.69) is 50.8 Å². The van der Waals surface area contributed by atoms with Crippen LogP contribution in [0.15, 0.2) is 43.0 Å². The quantitative estimate of drug-likeness (QED) is 0.156. The van der Waals surface area contributed by atoms with Gasteiger partial charge in [-0.2, -0.15) is 0 Å². The Morgan fingerprint density at radius 3 is 1.51 bits per heavy atom. The molecular weight excluding hydrogens is 424 g/mol. The highest BCUT2D eigenvalue weighted by Crippen LogP contribution is 2.54. The second kappa shape index (κ2) is 14.4. The summed E-state index contributed by atoms with van der Waals surface area (Å²) in [5.41, 5.74) is 7.62. The van der Waals surface area contributed by atoms with Gasteiger partial charge in [-0.3, -0.25) is 4.79 Å². The van der Waals surface area contributed by atoms with E-state index in [4.69, 9.17) is 0 Å². The summed E-state index contributed by atoms with van der Waals surface area (Å²) in [6.45, 7) is 8.63. The van der Waals surface area contributed by atoms with Crippen molar-refractivity contribution in [2.45, 2.75) is 122 Å². The van der Waals surface area contributed by atoms with Crippen LogP contribution < -0.4 is 0 Å². The number of hydrogen-bond donors (Lipinski definition) is 0. The predicted octanol–water partition coefficient (Wildman–Crippen LogP) is 10.7. The number of aldehydes is 1. The first-order valence-corrected chi connectivity index (χ1v) is 14.6. The van der Waals surface area contributed by atoms with Crippen molar-refractivity contribution < 1.29 is 4.79 Å². The van der Waals surface area contributed by atoms with Gasteiger partial charge >= 0.3 is 0 Å². The molecule has 0 N–H and O–H groups in total. The van der Waals surface area contributed by atoms with Crippen LogP contribution in [0.2, 0.25) is 0 Å². The number of rotatable bonds is 18. The summed E-state index contributed by atoms with van der Waals surface area (Å²) < 4.78 is 0. The molecule has 0 unspecified atom stereocenters. The second-order valence-corrected chi connectivity index (χ2v) is 10.8. The van der Waals surface area contributed by atoms with Gasteiger partial charge in [0.25, 0.3) is 0 Å². The van der Waals surface area contributed by atoms with E-state index in [-0.39, 0.29) is 5.41 Å². The van der Waals surface area contributed by atoms with Crippen LogP contribution in [-0.2, 0) is 5.41 Å². The van der Waals surface area contributed by atoms with Crippen molar-refractivity contribution in [3.63, 3.8) is 0 Å². The first kappa shape index (κ1) is 27.4. The SMILES string of the molecule is C=Cc1ccc2c(c1)C(CCCCCCCCC)(CCCCCCCCC)c1cc(C=O)ccc1-2. The Bertz CT molecular complexity index is 860. The standard InChI is InChI=1S/C34H48O/c1-4-7-9-11-13-15-17-23-34(24-18-16-14-12-10-8-5-2)32-25-28(6-3)19-21-30(32)31-22-20-29(27-35)26-33(31)34/h6,19-22,25-27H,3-5,7-18,23-24H2,1-2H3. The van der Waals surface area contributed by atoms with Crippen molar-refractivity contribution in [1.82, 2.24) is 0 Å². The van der Waals surface area contributed by atoms with E-state index < -0.39 is 0 Å². The molecular formula is C34H48O. The molecule has 0 bridgehead atoms. The maximum atomic E-state index is 11.7. The highest BCUT2D eigenvalue weighted by atomic mass is 16.1. The highest BCUT2D eigenvalue weighted by Gasteiger charge is 2.42. The van der Waals surface area contributed by atoms with E-state index in [9.17, 15) is 4.79 Å². The smallest absolute Gasteiger partial charge is 0.150 e. The molecule has 0 amide bonds. The summed E-state index contributed by atoms with van der Waals surface area (Å²) in [6, 6.07) is 13.3. The van der Waals surface area contributed by atoms with Crippen LogP contribution in [0, 0.1) is 0 Å². The maximum absolute atomic E-state index is 11.7. The molecule has 1 aliphatic carbocycles. The van der Waals surface area contributed by atoms with Crippen LogP contribution in [0.1, 0.15) is 144 Å². The van der Waals surface area contributed by atoms with E-state index in [0.717, 1.165) is 11.8 Å². The molecule has 0 heterocycles. The molecule has 35 heavy (non-hydrogen) atoms. The summed E-state index contributed by atoms with van der Waals surface area (Å²) in [5, 5.41) is 0. The van der Waals surface area contributed by atoms with Crippen LogP contribution >= 0.6 is 0 Å². The summed E-state index contributed by atoms with van der Waals surface area (Å²) in [7, 11) is 0. The molecule has 3 rings (SSSR count). The van der Waals surface area contributed by atoms with Crippen molar-refractivity contribution in [3.8, 4) is 11.1 Å². The third kappa shape index (κ3) is 6.96. The van der Waals surface area contributed by atoms with E-state index in [0.29, 0.717) is 0 Å². The molecule has 1 nitrogen and oxygen atoms in total. The van der Waals surface area contributed by atoms with Crippen molar-refractivity contribution in [2.75, 3.05) is 0 Å². The van der Waals surface area contributed by atoms with Gasteiger partial charge in [0.05, 0.1) is 0 Å². The normalized spacial score (nSPS) is 13.4. The molecule has 1 heteroatoms. The lowest BCUT2D eigenvalue weighted by molar-refractivity contribution is 0.112. The molecule has 0 spiro atoms. The van der Waals surface area contributed by atoms with Gasteiger partial charge in [-0.1, -0.05) is 147 Å². The third-order valence-electron chi connectivity index (χ3n) is 8.19. The van der Waals surface area contributed by atoms with Crippen molar-refractivity contribution in [2.24, 2.45) is 0 Å². The molecule has 0 saturated carbocycles. The largest absolute Gasteiger partial charge is 0.298 e. The van der Waals surface area contributed by atoms with E-state index in [1.807, 2.05) is 12.1 Å². The van der Waals surface area contributed by atoms with Crippen molar-refractivity contribution in [1.29, 1.82) is 0 Å². The highest BCUT2D eigenvalue weighted by molar-refractivity contribution is 5.86. The molecule has 0 fully saturated rings. The van der Waals surface area contributed by atoms with Gasteiger partial charge in [-0.05, 0) is 46.7 Å². The van der Waals surface area contributed by atoms with Gasteiger partial charge in [0.15, 0.2) is 0 Å². The molecule has 0 aromatic heterocycles. The first-order valence-electron chi connectivity index (χ1n) is 14.6. The van der Waals surface area contributed by atoms with E-state index >= 15 is 0 Å². The molecule has 0 radical (unpaired) electrons. The van der Waals surface area contributed by atoms with Crippen LogP contribution in [0.3, 0.4) is 0 Å². The Labute approximate surface area is 215 Å². The van der Waals surface area contributed by atoms with Gasteiger partial charge in [-0.25, -0.2) is 0 Å². The molecule has 1 aliphatic rings. The lowest BCUT2D eigenvalue weighted by Crippen LogP contribution is -2.26. The van der Waals surface area contributed by atoms with Crippen LogP contribution in [0.5, 0.6) is 0 Å². The first-order chi connectivity index (χ1) is 17.2. The minimum absolute atomic E-state index is 0.0234. The fourth-order valence-electron chi connectivity index (χ4n) is 6.16. The van der Waals surface area contributed by atoms with Gasteiger partial charge < -0.3 is 0 Å². The average Bonchev–Trinajstić information content (AvgIpc) is 3.16. The summed E-state index contributed by atoms with van der Waals surface area (Å²) in [4.78, 5) is 11.7. The Morgan fingerprint density at radius 1 is 0.629 bits per heavy atom. The third-order valence-corrected chi connectivity index (χ3v) is 8.19. The molecule has 2 aromatic carbocycles. The zero-order valence-corrected chi connectivity index (χ0v) is 22.5. The number of carbonyl (C=O) groups is 1. The Kier molecular flexibility index (Phi) is 11.3. The van der Waals surface area contributed by atoms with Crippen molar-refractivity contribution >= 4 is 12.4 Å². The van der Waals surface area contributed by atoms with E-state index in [1.165, 1.54) is 131 Å².